The van der Waals surface area contributed by atoms with Crippen molar-refractivity contribution in [3.63, 3.8) is 0 Å². The Balaban J connectivity index is 1.90. The topological polar surface area (TPSA) is 65.5 Å². The third-order valence-electron chi connectivity index (χ3n) is 5.34. The smallest absolute Gasteiger partial charge is 0.243 e. The molecule has 0 saturated carbocycles. The first-order valence-electron chi connectivity index (χ1n) is 10.6. The molecule has 7 heteroatoms. The first-order valence-corrected chi connectivity index (χ1v) is 11.4. The number of benzene rings is 2. The van der Waals surface area contributed by atoms with Gasteiger partial charge < -0.3 is 5.32 Å². The molecule has 1 heterocycles. The van der Waals surface area contributed by atoms with Crippen LogP contribution in [-0.2, 0) is 16.1 Å². The molecule has 0 aliphatic carbocycles. The lowest BCUT2D eigenvalue weighted by atomic mass is 10.1. The molecule has 0 spiro atoms. The molecule has 6 nitrogen and oxygen atoms in total. The molecule has 1 aromatic heterocycles. The molecule has 2 aromatic carbocycles. The van der Waals surface area contributed by atoms with Crippen molar-refractivity contribution in [2.24, 2.45) is 0 Å². The van der Waals surface area contributed by atoms with E-state index in [4.69, 9.17) is 4.98 Å². The molecular weight excluding hydrogens is 408 g/mol. The number of aryl methyl sites for hydroxylation is 2. The van der Waals surface area contributed by atoms with Crippen molar-refractivity contribution >= 4 is 38.5 Å². The SMILES string of the molecule is CCNC(=O)CN(CC)CC(=O)N(Cc1ccccc1)c1nc2c(C)c(C)ccc2s1. The van der Waals surface area contributed by atoms with E-state index < -0.39 is 0 Å². The lowest BCUT2D eigenvalue weighted by Gasteiger charge is -2.25. The van der Waals surface area contributed by atoms with Crippen LogP contribution in [0.1, 0.15) is 30.5 Å². The number of nitrogens with one attached hydrogen (secondary N) is 1. The van der Waals surface area contributed by atoms with Crippen molar-refractivity contribution in [2.75, 3.05) is 31.1 Å². The van der Waals surface area contributed by atoms with Gasteiger partial charge >= 0.3 is 0 Å². The van der Waals surface area contributed by atoms with E-state index in [1.54, 1.807) is 4.90 Å². The molecule has 31 heavy (non-hydrogen) atoms. The van der Waals surface area contributed by atoms with E-state index in [9.17, 15) is 9.59 Å². The van der Waals surface area contributed by atoms with Crippen molar-refractivity contribution in [3.8, 4) is 0 Å². The standard InChI is InChI=1S/C24H30N4O2S/c1-5-25-21(29)15-27(6-2)16-22(30)28(14-19-10-8-7-9-11-19)24-26-23-18(4)17(3)12-13-20(23)31-24/h7-13H,5-6,14-16H2,1-4H3,(H,25,29). The number of nitrogens with zero attached hydrogens (tertiary/aromatic N) is 3. The van der Waals surface area contributed by atoms with Gasteiger partial charge in [0.15, 0.2) is 5.13 Å². The minimum absolute atomic E-state index is 0.0663. The zero-order valence-corrected chi connectivity index (χ0v) is 19.5. The summed E-state index contributed by atoms with van der Waals surface area (Å²) in [4.78, 5) is 33.9. The lowest BCUT2D eigenvalue weighted by Crippen LogP contribution is -2.44. The summed E-state index contributed by atoms with van der Waals surface area (Å²) in [6.45, 7) is 9.97. The molecule has 0 bridgehead atoms. The molecule has 3 rings (SSSR count). The van der Waals surface area contributed by atoms with Gasteiger partial charge in [0.05, 0.1) is 29.9 Å². The highest BCUT2D eigenvalue weighted by Crippen LogP contribution is 2.32. The number of rotatable bonds is 9. The highest BCUT2D eigenvalue weighted by atomic mass is 32.1. The molecule has 0 aliphatic rings. The molecule has 2 amide bonds. The maximum atomic E-state index is 13.4. The van der Waals surface area contributed by atoms with Crippen LogP contribution in [0.5, 0.6) is 0 Å². The predicted molar refractivity (Wildman–Crippen MR) is 128 cm³/mol. The van der Waals surface area contributed by atoms with Gasteiger partial charge in [0, 0.05) is 6.54 Å². The fraction of sp³-hybridized carbons (Fsp3) is 0.375. The molecule has 0 saturated heterocycles. The Morgan fingerprint density at radius 3 is 2.45 bits per heavy atom. The molecule has 0 unspecified atom stereocenters. The number of anilines is 1. The summed E-state index contributed by atoms with van der Waals surface area (Å²) in [5.74, 6) is -0.138. The number of likely N-dealkylation sites (N-methyl/N-ethyl adjacent to an activating group) is 2. The second kappa shape index (κ2) is 10.5. The molecule has 3 aromatic rings. The van der Waals surface area contributed by atoms with Gasteiger partial charge in [-0.1, -0.05) is 54.7 Å². The minimum atomic E-state index is -0.0714. The quantitative estimate of drug-likeness (QED) is 0.550. The van der Waals surface area contributed by atoms with Gasteiger partial charge in [-0.15, -0.1) is 0 Å². The molecule has 0 aliphatic heterocycles. The van der Waals surface area contributed by atoms with Gasteiger partial charge in [0.2, 0.25) is 11.8 Å². The number of thiazole rings is 1. The van der Waals surface area contributed by atoms with Gasteiger partial charge in [-0.05, 0) is 50.1 Å². The Hall–Kier alpha value is -2.77. The van der Waals surface area contributed by atoms with Crippen LogP contribution in [0.3, 0.4) is 0 Å². The van der Waals surface area contributed by atoms with Crippen LogP contribution in [0.2, 0.25) is 0 Å². The monoisotopic (exact) mass is 438 g/mol. The first kappa shape index (κ1) is 22.9. The van der Waals surface area contributed by atoms with Gasteiger partial charge in [-0.25, -0.2) is 4.98 Å². The summed E-state index contributed by atoms with van der Waals surface area (Å²) < 4.78 is 1.07. The van der Waals surface area contributed by atoms with E-state index >= 15 is 0 Å². The average molecular weight is 439 g/mol. The highest BCUT2D eigenvalue weighted by Gasteiger charge is 2.23. The third-order valence-corrected chi connectivity index (χ3v) is 6.38. The van der Waals surface area contributed by atoms with Crippen molar-refractivity contribution in [1.82, 2.24) is 15.2 Å². The van der Waals surface area contributed by atoms with E-state index in [-0.39, 0.29) is 24.9 Å². The summed E-state index contributed by atoms with van der Waals surface area (Å²) in [5.41, 5.74) is 4.30. The summed E-state index contributed by atoms with van der Waals surface area (Å²) in [5, 5.41) is 3.48. The van der Waals surface area contributed by atoms with Gasteiger partial charge in [-0.2, -0.15) is 0 Å². The largest absolute Gasteiger partial charge is 0.355 e. The van der Waals surface area contributed by atoms with Crippen LogP contribution >= 0.6 is 11.3 Å². The predicted octanol–water partition coefficient (Wildman–Crippen LogP) is 3.90. The summed E-state index contributed by atoms with van der Waals surface area (Å²) in [7, 11) is 0. The fourth-order valence-electron chi connectivity index (χ4n) is 3.37. The normalized spacial score (nSPS) is 11.1. The molecule has 0 fully saturated rings. The zero-order chi connectivity index (χ0) is 22.4. The van der Waals surface area contributed by atoms with E-state index in [2.05, 4.69) is 31.3 Å². The van der Waals surface area contributed by atoms with Crippen LogP contribution in [0.4, 0.5) is 5.13 Å². The average Bonchev–Trinajstić information content (AvgIpc) is 3.19. The van der Waals surface area contributed by atoms with Crippen molar-refractivity contribution < 1.29 is 9.59 Å². The van der Waals surface area contributed by atoms with E-state index in [0.29, 0.717) is 24.8 Å². The van der Waals surface area contributed by atoms with Crippen molar-refractivity contribution in [1.29, 1.82) is 0 Å². The third kappa shape index (κ3) is 5.68. The van der Waals surface area contributed by atoms with Crippen LogP contribution in [0.15, 0.2) is 42.5 Å². The van der Waals surface area contributed by atoms with Gasteiger partial charge in [0.25, 0.3) is 0 Å². The van der Waals surface area contributed by atoms with Crippen LogP contribution in [0, 0.1) is 13.8 Å². The first-order chi connectivity index (χ1) is 14.9. The van der Waals surface area contributed by atoms with E-state index in [1.165, 1.54) is 16.9 Å². The molecule has 0 radical (unpaired) electrons. The minimum Gasteiger partial charge on any atom is -0.355 e. The Kier molecular flexibility index (Phi) is 7.76. The summed E-state index contributed by atoms with van der Waals surface area (Å²) in [6.07, 6.45) is 0. The number of fused-ring (bicyclic) bond motifs is 1. The lowest BCUT2D eigenvalue weighted by molar-refractivity contribution is -0.124. The van der Waals surface area contributed by atoms with Crippen molar-refractivity contribution in [2.45, 2.75) is 34.2 Å². The number of carbonyl (C=O) groups is 2. The van der Waals surface area contributed by atoms with E-state index in [0.717, 1.165) is 21.3 Å². The summed E-state index contributed by atoms with van der Waals surface area (Å²) >= 11 is 1.53. The maximum Gasteiger partial charge on any atom is 0.243 e. The second-order valence-corrected chi connectivity index (χ2v) is 8.58. The van der Waals surface area contributed by atoms with E-state index in [1.807, 2.05) is 49.1 Å². The molecule has 0 atom stereocenters. The fourth-order valence-corrected chi connectivity index (χ4v) is 4.41. The number of aromatic nitrogens is 1. The van der Waals surface area contributed by atoms with Crippen molar-refractivity contribution in [3.05, 3.63) is 59.2 Å². The van der Waals surface area contributed by atoms with Gasteiger partial charge in [0.1, 0.15) is 0 Å². The Labute approximate surface area is 187 Å². The number of hydrogen-bond donors (Lipinski definition) is 1. The number of carbonyl (C=O) groups excluding carboxylic acids is 2. The second-order valence-electron chi connectivity index (χ2n) is 7.57. The van der Waals surface area contributed by atoms with Crippen LogP contribution in [0.25, 0.3) is 10.2 Å². The van der Waals surface area contributed by atoms with Crippen LogP contribution in [-0.4, -0.2) is 47.9 Å². The Bertz CT molecular complexity index is 1050. The Morgan fingerprint density at radius 2 is 1.77 bits per heavy atom. The zero-order valence-electron chi connectivity index (χ0n) is 18.6. The Morgan fingerprint density at radius 1 is 1.03 bits per heavy atom. The maximum absolute atomic E-state index is 13.4. The molecule has 1 N–H and O–H groups in total. The molecular formula is C24H30N4O2S. The number of hydrogen-bond acceptors (Lipinski definition) is 5. The van der Waals surface area contributed by atoms with Crippen LogP contribution < -0.4 is 10.2 Å². The highest BCUT2D eigenvalue weighted by molar-refractivity contribution is 7.22. The number of amides is 2. The molecule has 164 valence electrons. The van der Waals surface area contributed by atoms with Gasteiger partial charge in [-0.3, -0.25) is 19.4 Å². The summed E-state index contributed by atoms with van der Waals surface area (Å²) in [6, 6.07) is 14.1.